The van der Waals surface area contributed by atoms with Crippen molar-refractivity contribution >= 4 is 0 Å². The minimum Gasteiger partial charge on any atom is -0.393 e. The molecule has 1 heterocycles. The molecule has 18 heavy (non-hydrogen) atoms. The molecule has 2 atom stereocenters. The van der Waals surface area contributed by atoms with Gasteiger partial charge in [0.1, 0.15) is 0 Å². The highest BCUT2D eigenvalue weighted by molar-refractivity contribution is 4.95. The Morgan fingerprint density at radius 1 is 1.33 bits per heavy atom. The number of nitrogens with zero attached hydrogens (tertiary/aromatic N) is 1. The third kappa shape index (κ3) is 6.53. The first-order valence-electron chi connectivity index (χ1n) is 7.27. The zero-order chi connectivity index (χ0) is 13.5. The van der Waals surface area contributed by atoms with E-state index in [1.165, 1.54) is 31.5 Å². The molecule has 3 heteroatoms. The van der Waals surface area contributed by atoms with Gasteiger partial charge in [-0.25, -0.2) is 0 Å². The van der Waals surface area contributed by atoms with E-state index in [0.29, 0.717) is 12.1 Å². The van der Waals surface area contributed by atoms with Crippen LogP contribution in [0.3, 0.4) is 0 Å². The number of allylic oxidation sites excluding steroid dienone is 1. The Bertz CT molecular complexity index is 251. The van der Waals surface area contributed by atoms with Crippen LogP contribution in [0.4, 0.5) is 0 Å². The van der Waals surface area contributed by atoms with Gasteiger partial charge in [-0.2, -0.15) is 0 Å². The van der Waals surface area contributed by atoms with Crippen LogP contribution < -0.4 is 5.32 Å². The molecule has 0 saturated carbocycles. The molecule has 2 N–H and O–H groups in total. The quantitative estimate of drug-likeness (QED) is 0.713. The fourth-order valence-corrected chi connectivity index (χ4v) is 2.58. The lowest BCUT2D eigenvalue weighted by molar-refractivity contribution is 0.157. The summed E-state index contributed by atoms with van der Waals surface area (Å²) in [4.78, 5) is 2.52. The molecule has 0 bridgehead atoms. The molecule has 2 unspecified atom stereocenters. The van der Waals surface area contributed by atoms with Crippen molar-refractivity contribution in [1.82, 2.24) is 10.2 Å². The minimum absolute atomic E-state index is 0.203. The van der Waals surface area contributed by atoms with Crippen LogP contribution in [0, 0.1) is 0 Å². The summed E-state index contributed by atoms with van der Waals surface area (Å²) < 4.78 is 0. The number of likely N-dealkylation sites (tertiary alicyclic amines) is 1. The van der Waals surface area contributed by atoms with Crippen LogP contribution in [-0.2, 0) is 0 Å². The van der Waals surface area contributed by atoms with E-state index in [1.54, 1.807) is 0 Å². The SMILES string of the molecule is CC(C)=CCN1CCC(NC(C)CC(C)O)CC1. The first-order valence-corrected chi connectivity index (χ1v) is 7.27. The van der Waals surface area contributed by atoms with E-state index < -0.39 is 0 Å². The molecule has 0 aromatic heterocycles. The third-order valence-corrected chi connectivity index (χ3v) is 3.56. The summed E-state index contributed by atoms with van der Waals surface area (Å²) in [6.07, 6.45) is 5.40. The van der Waals surface area contributed by atoms with E-state index in [-0.39, 0.29) is 6.10 Å². The van der Waals surface area contributed by atoms with Crippen LogP contribution in [-0.4, -0.2) is 47.8 Å². The van der Waals surface area contributed by atoms with E-state index in [1.807, 2.05) is 6.92 Å². The van der Waals surface area contributed by atoms with Crippen molar-refractivity contribution in [2.45, 2.75) is 65.1 Å². The lowest BCUT2D eigenvalue weighted by Gasteiger charge is -2.33. The molecule has 0 amide bonds. The Morgan fingerprint density at radius 2 is 1.94 bits per heavy atom. The van der Waals surface area contributed by atoms with Gasteiger partial charge in [-0.15, -0.1) is 0 Å². The molecule has 3 nitrogen and oxygen atoms in total. The van der Waals surface area contributed by atoms with Crippen molar-refractivity contribution < 1.29 is 5.11 Å². The van der Waals surface area contributed by atoms with E-state index in [9.17, 15) is 5.11 Å². The highest BCUT2D eigenvalue weighted by atomic mass is 16.3. The molecule has 1 aliphatic heterocycles. The van der Waals surface area contributed by atoms with Gasteiger partial charge < -0.3 is 10.4 Å². The van der Waals surface area contributed by atoms with Gasteiger partial charge in [0.2, 0.25) is 0 Å². The van der Waals surface area contributed by atoms with E-state index >= 15 is 0 Å². The zero-order valence-electron chi connectivity index (χ0n) is 12.4. The molecule has 1 aliphatic rings. The number of hydrogen-bond acceptors (Lipinski definition) is 3. The first-order chi connectivity index (χ1) is 8.47. The summed E-state index contributed by atoms with van der Waals surface area (Å²) in [6.45, 7) is 11.8. The second-order valence-electron chi connectivity index (χ2n) is 6.01. The predicted molar refractivity (Wildman–Crippen MR) is 77.8 cm³/mol. The van der Waals surface area contributed by atoms with Crippen LogP contribution in [0.2, 0.25) is 0 Å². The Hall–Kier alpha value is -0.380. The molecule has 0 aromatic carbocycles. The predicted octanol–water partition coefficient (Wildman–Crippen LogP) is 2.17. The average molecular weight is 254 g/mol. The van der Waals surface area contributed by atoms with Gasteiger partial charge in [-0.1, -0.05) is 11.6 Å². The van der Waals surface area contributed by atoms with Gasteiger partial charge >= 0.3 is 0 Å². The maximum atomic E-state index is 9.36. The maximum absolute atomic E-state index is 9.36. The third-order valence-electron chi connectivity index (χ3n) is 3.56. The maximum Gasteiger partial charge on any atom is 0.0526 e. The summed E-state index contributed by atoms with van der Waals surface area (Å²) in [7, 11) is 0. The molecule has 1 fully saturated rings. The smallest absolute Gasteiger partial charge is 0.0526 e. The van der Waals surface area contributed by atoms with Crippen molar-refractivity contribution in [1.29, 1.82) is 0 Å². The second kappa shape index (κ2) is 7.93. The van der Waals surface area contributed by atoms with Crippen LogP contribution in [0.1, 0.15) is 47.0 Å². The van der Waals surface area contributed by atoms with Gasteiger partial charge in [0, 0.05) is 18.6 Å². The highest BCUT2D eigenvalue weighted by Crippen LogP contribution is 2.12. The summed E-state index contributed by atoms with van der Waals surface area (Å²) in [5, 5.41) is 13.0. The first kappa shape index (κ1) is 15.7. The summed E-state index contributed by atoms with van der Waals surface area (Å²) in [6, 6.07) is 1.04. The molecular weight excluding hydrogens is 224 g/mol. The Labute approximate surface area is 112 Å². The highest BCUT2D eigenvalue weighted by Gasteiger charge is 2.19. The van der Waals surface area contributed by atoms with Crippen LogP contribution in [0.15, 0.2) is 11.6 Å². The van der Waals surface area contributed by atoms with E-state index in [4.69, 9.17) is 0 Å². The normalized spacial score (nSPS) is 21.6. The molecule has 0 spiro atoms. The number of piperidine rings is 1. The van der Waals surface area contributed by atoms with Crippen molar-refractivity contribution in [3.05, 3.63) is 11.6 Å². The summed E-state index contributed by atoms with van der Waals surface area (Å²) >= 11 is 0. The van der Waals surface area contributed by atoms with Crippen molar-refractivity contribution in [3.63, 3.8) is 0 Å². The Morgan fingerprint density at radius 3 is 2.44 bits per heavy atom. The molecule has 106 valence electrons. The van der Waals surface area contributed by atoms with Gasteiger partial charge in [0.15, 0.2) is 0 Å². The second-order valence-corrected chi connectivity index (χ2v) is 6.01. The Kier molecular flexibility index (Phi) is 6.90. The minimum atomic E-state index is -0.203. The molecule has 1 saturated heterocycles. The standard InChI is InChI=1S/C15H30N2O/c1-12(2)5-8-17-9-6-15(7-10-17)16-13(3)11-14(4)18/h5,13-16,18H,6-11H2,1-4H3. The van der Waals surface area contributed by atoms with Crippen LogP contribution in [0.25, 0.3) is 0 Å². The fourth-order valence-electron chi connectivity index (χ4n) is 2.58. The monoisotopic (exact) mass is 254 g/mol. The molecule has 0 radical (unpaired) electrons. The fraction of sp³-hybridized carbons (Fsp3) is 0.867. The largest absolute Gasteiger partial charge is 0.393 e. The van der Waals surface area contributed by atoms with Crippen molar-refractivity contribution in [2.24, 2.45) is 0 Å². The molecule has 1 rings (SSSR count). The number of aliphatic hydroxyl groups excluding tert-OH is 1. The summed E-state index contributed by atoms with van der Waals surface area (Å²) in [5.41, 5.74) is 1.40. The van der Waals surface area contributed by atoms with E-state index in [0.717, 1.165) is 13.0 Å². The van der Waals surface area contributed by atoms with Gasteiger partial charge in [0.05, 0.1) is 6.10 Å². The lowest BCUT2D eigenvalue weighted by Crippen LogP contribution is -2.46. The van der Waals surface area contributed by atoms with Crippen molar-refractivity contribution in [3.8, 4) is 0 Å². The lowest BCUT2D eigenvalue weighted by atomic mass is 10.0. The Balaban J connectivity index is 2.21. The van der Waals surface area contributed by atoms with Crippen LogP contribution in [0.5, 0.6) is 0 Å². The van der Waals surface area contributed by atoms with Crippen LogP contribution >= 0.6 is 0 Å². The molecule has 0 aliphatic carbocycles. The van der Waals surface area contributed by atoms with Gasteiger partial charge in [0.25, 0.3) is 0 Å². The number of nitrogens with one attached hydrogen (secondary N) is 1. The van der Waals surface area contributed by atoms with E-state index in [2.05, 4.69) is 37.1 Å². The average Bonchev–Trinajstić information content (AvgIpc) is 2.26. The topological polar surface area (TPSA) is 35.5 Å². The number of rotatable bonds is 6. The number of aliphatic hydroxyl groups is 1. The molecule has 0 aromatic rings. The number of hydrogen-bond donors (Lipinski definition) is 2. The van der Waals surface area contributed by atoms with Gasteiger partial charge in [-0.3, -0.25) is 4.90 Å². The molecular formula is C15H30N2O. The summed E-state index contributed by atoms with van der Waals surface area (Å²) in [5.74, 6) is 0. The van der Waals surface area contributed by atoms with Crippen molar-refractivity contribution in [2.75, 3.05) is 19.6 Å². The van der Waals surface area contributed by atoms with Gasteiger partial charge in [-0.05, 0) is 60.0 Å². The zero-order valence-corrected chi connectivity index (χ0v) is 12.4.